The van der Waals surface area contributed by atoms with Gasteiger partial charge in [0, 0.05) is 30.6 Å². The standard InChI is InChI=1S/C18H28N4O3/c1-11(2)22-16(23)18(5,19-17(22)24)14-7-6-8-21(9-14)10-15-12(3)20-25-13(15)4/h11,14H,6-10H2,1-5H3,(H,19,24)/t14-,18+/m1/s1. The van der Waals surface area contributed by atoms with Crippen molar-refractivity contribution in [3.8, 4) is 0 Å². The summed E-state index contributed by atoms with van der Waals surface area (Å²) in [5.74, 6) is 0.848. The molecule has 0 radical (unpaired) electrons. The molecule has 3 amide bonds. The molecule has 2 saturated heterocycles. The van der Waals surface area contributed by atoms with Gasteiger partial charge in [-0.1, -0.05) is 5.16 Å². The summed E-state index contributed by atoms with van der Waals surface area (Å²) in [6.45, 7) is 12.0. The molecule has 2 aliphatic heterocycles. The van der Waals surface area contributed by atoms with Gasteiger partial charge < -0.3 is 9.84 Å². The minimum absolute atomic E-state index is 0.0990. The summed E-state index contributed by atoms with van der Waals surface area (Å²) in [5, 5.41) is 6.99. The van der Waals surface area contributed by atoms with Crippen LogP contribution in [0.25, 0.3) is 0 Å². The second kappa shape index (κ2) is 6.44. The van der Waals surface area contributed by atoms with Crippen molar-refractivity contribution >= 4 is 11.9 Å². The molecule has 2 fully saturated rings. The zero-order valence-electron chi connectivity index (χ0n) is 15.8. The third-order valence-electron chi connectivity index (χ3n) is 5.65. The lowest BCUT2D eigenvalue weighted by molar-refractivity contribution is -0.134. The number of imide groups is 1. The summed E-state index contributed by atoms with van der Waals surface area (Å²) < 4.78 is 5.26. The molecule has 2 atom stereocenters. The molecule has 3 rings (SSSR count). The molecule has 1 N–H and O–H groups in total. The number of likely N-dealkylation sites (tertiary alicyclic amines) is 1. The summed E-state index contributed by atoms with van der Waals surface area (Å²) in [7, 11) is 0. The van der Waals surface area contributed by atoms with E-state index in [-0.39, 0.29) is 23.9 Å². The predicted octanol–water partition coefficient (Wildman–Crippen LogP) is 2.22. The number of nitrogens with one attached hydrogen (secondary N) is 1. The van der Waals surface area contributed by atoms with E-state index in [2.05, 4.69) is 15.4 Å². The molecule has 2 aliphatic rings. The number of nitrogens with zero attached hydrogens (tertiary/aromatic N) is 3. The van der Waals surface area contributed by atoms with E-state index in [1.54, 1.807) is 0 Å². The average Bonchev–Trinajstić information content (AvgIpc) is 2.98. The summed E-state index contributed by atoms with van der Waals surface area (Å²) in [4.78, 5) is 28.9. The number of hydrogen-bond acceptors (Lipinski definition) is 5. The Labute approximate surface area is 148 Å². The first-order chi connectivity index (χ1) is 11.7. The monoisotopic (exact) mass is 348 g/mol. The fourth-order valence-electron chi connectivity index (χ4n) is 4.05. The molecule has 0 aromatic carbocycles. The van der Waals surface area contributed by atoms with Crippen LogP contribution in [0.5, 0.6) is 0 Å². The van der Waals surface area contributed by atoms with Crippen molar-refractivity contribution in [2.75, 3.05) is 13.1 Å². The molecule has 25 heavy (non-hydrogen) atoms. The summed E-state index contributed by atoms with van der Waals surface area (Å²) in [6.07, 6.45) is 1.95. The Bertz CT molecular complexity index is 664. The first-order valence-electron chi connectivity index (χ1n) is 9.04. The van der Waals surface area contributed by atoms with Crippen LogP contribution in [-0.2, 0) is 11.3 Å². The Morgan fingerprint density at radius 3 is 2.64 bits per heavy atom. The lowest BCUT2D eigenvalue weighted by Gasteiger charge is -2.40. The minimum Gasteiger partial charge on any atom is -0.361 e. The van der Waals surface area contributed by atoms with E-state index in [9.17, 15) is 9.59 Å². The van der Waals surface area contributed by atoms with Gasteiger partial charge in [0.1, 0.15) is 11.3 Å². The number of piperidine rings is 1. The van der Waals surface area contributed by atoms with Gasteiger partial charge in [0.25, 0.3) is 5.91 Å². The number of urea groups is 1. The van der Waals surface area contributed by atoms with Crippen LogP contribution >= 0.6 is 0 Å². The molecule has 7 heteroatoms. The van der Waals surface area contributed by atoms with Crippen molar-refractivity contribution in [2.45, 2.75) is 65.6 Å². The fraction of sp³-hybridized carbons (Fsp3) is 0.722. The molecule has 0 bridgehead atoms. The van der Waals surface area contributed by atoms with E-state index >= 15 is 0 Å². The molecule has 1 aromatic heterocycles. The SMILES string of the molecule is Cc1noc(C)c1CN1CCC[C@@H]([C@]2(C)NC(=O)N(C(C)C)C2=O)C1. The summed E-state index contributed by atoms with van der Waals surface area (Å²) in [5.41, 5.74) is 1.22. The number of rotatable bonds is 4. The van der Waals surface area contributed by atoms with Gasteiger partial charge in [-0.05, 0) is 54.0 Å². The van der Waals surface area contributed by atoms with E-state index in [1.165, 1.54) is 4.90 Å². The van der Waals surface area contributed by atoms with Crippen LogP contribution in [0.3, 0.4) is 0 Å². The Balaban J connectivity index is 1.75. The van der Waals surface area contributed by atoms with Crippen LogP contribution in [-0.4, -0.2) is 51.6 Å². The van der Waals surface area contributed by atoms with Crippen LogP contribution in [0, 0.1) is 19.8 Å². The Hall–Kier alpha value is -1.89. The van der Waals surface area contributed by atoms with Crippen molar-refractivity contribution in [2.24, 2.45) is 5.92 Å². The van der Waals surface area contributed by atoms with Gasteiger partial charge in [-0.2, -0.15) is 0 Å². The average molecular weight is 348 g/mol. The minimum atomic E-state index is -0.821. The Morgan fingerprint density at radius 1 is 1.36 bits per heavy atom. The highest BCUT2D eigenvalue weighted by molar-refractivity contribution is 6.07. The zero-order chi connectivity index (χ0) is 18.4. The number of hydrogen-bond donors (Lipinski definition) is 1. The molecule has 3 heterocycles. The highest BCUT2D eigenvalue weighted by Crippen LogP contribution is 2.34. The first kappa shape index (κ1) is 17.9. The smallest absolute Gasteiger partial charge is 0.325 e. The Morgan fingerprint density at radius 2 is 2.08 bits per heavy atom. The summed E-state index contributed by atoms with van der Waals surface area (Å²) in [6, 6.07) is -0.401. The number of amides is 3. The van der Waals surface area contributed by atoms with E-state index in [0.29, 0.717) is 0 Å². The number of carbonyl (C=O) groups excluding carboxylic acids is 2. The molecule has 0 saturated carbocycles. The van der Waals surface area contributed by atoms with E-state index in [0.717, 1.165) is 49.5 Å². The normalized spacial score (nSPS) is 28.1. The maximum Gasteiger partial charge on any atom is 0.325 e. The fourth-order valence-corrected chi connectivity index (χ4v) is 4.05. The molecule has 7 nitrogen and oxygen atoms in total. The van der Waals surface area contributed by atoms with Crippen molar-refractivity contribution in [1.29, 1.82) is 0 Å². The van der Waals surface area contributed by atoms with Crippen molar-refractivity contribution in [3.05, 3.63) is 17.0 Å². The van der Waals surface area contributed by atoms with E-state index in [4.69, 9.17) is 4.52 Å². The van der Waals surface area contributed by atoms with Crippen LogP contribution < -0.4 is 5.32 Å². The highest BCUT2D eigenvalue weighted by atomic mass is 16.5. The largest absolute Gasteiger partial charge is 0.361 e. The zero-order valence-corrected chi connectivity index (χ0v) is 15.8. The van der Waals surface area contributed by atoms with E-state index in [1.807, 2.05) is 34.6 Å². The Kier molecular flexibility index (Phi) is 4.62. The number of aryl methyl sites for hydroxylation is 2. The quantitative estimate of drug-likeness (QED) is 0.844. The molecule has 0 aliphatic carbocycles. The molecule has 138 valence electrons. The highest BCUT2D eigenvalue weighted by Gasteiger charge is 2.53. The summed E-state index contributed by atoms with van der Waals surface area (Å²) >= 11 is 0. The van der Waals surface area contributed by atoms with Gasteiger partial charge in [0.2, 0.25) is 0 Å². The van der Waals surface area contributed by atoms with Gasteiger partial charge in [-0.25, -0.2) is 4.79 Å². The van der Waals surface area contributed by atoms with Gasteiger partial charge in [-0.15, -0.1) is 0 Å². The second-order valence-electron chi connectivity index (χ2n) is 7.78. The maximum atomic E-state index is 12.9. The topological polar surface area (TPSA) is 78.7 Å². The van der Waals surface area contributed by atoms with Crippen molar-refractivity contribution < 1.29 is 14.1 Å². The van der Waals surface area contributed by atoms with Gasteiger partial charge >= 0.3 is 6.03 Å². The van der Waals surface area contributed by atoms with Crippen LogP contribution in [0.2, 0.25) is 0 Å². The van der Waals surface area contributed by atoms with Crippen LogP contribution in [0.1, 0.15) is 50.6 Å². The lowest BCUT2D eigenvalue weighted by Crippen LogP contribution is -2.56. The first-order valence-corrected chi connectivity index (χ1v) is 9.04. The molecular formula is C18H28N4O3. The molecule has 1 aromatic rings. The van der Waals surface area contributed by atoms with Crippen LogP contribution in [0.15, 0.2) is 4.52 Å². The number of aromatic nitrogens is 1. The molecule has 0 spiro atoms. The third kappa shape index (κ3) is 3.05. The predicted molar refractivity (Wildman–Crippen MR) is 92.9 cm³/mol. The number of carbonyl (C=O) groups is 2. The van der Waals surface area contributed by atoms with Crippen molar-refractivity contribution in [1.82, 2.24) is 20.3 Å². The maximum absolute atomic E-state index is 12.9. The van der Waals surface area contributed by atoms with Crippen LogP contribution in [0.4, 0.5) is 4.79 Å². The second-order valence-corrected chi connectivity index (χ2v) is 7.78. The lowest BCUT2D eigenvalue weighted by atomic mass is 9.79. The molecule has 0 unspecified atom stereocenters. The third-order valence-corrected chi connectivity index (χ3v) is 5.65. The van der Waals surface area contributed by atoms with E-state index < -0.39 is 5.54 Å². The molecular weight excluding hydrogens is 320 g/mol. The van der Waals surface area contributed by atoms with Crippen molar-refractivity contribution in [3.63, 3.8) is 0 Å². The van der Waals surface area contributed by atoms with Gasteiger partial charge in [-0.3, -0.25) is 14.6 Å². The van der Waals surface area contributed by atoms with Gasteiger partial charge in [0.15, 0.2) is 0 Å². The van der Waals surface area contributed by atoms with Gasteiger partial charge in [0.05, 0.1) is 5.69 Å².